The summed E-state index contributed by atoms with van der Waals surface area (Å²) in [6.07, 6.45) is -46.4. The molecule has 27 heteroatoms. The summed E-state index contributed by atoms with van der Waals surface area (Å²) in [5.41, 5.74) is -28.7. The molecule has 0 saturated heterocycles. The third-order valence-corrected chi connectivity index (χ3v) is 19.5. The van der Waals surface area contributed by atoms with Gasteiger partial charge < -0.3 is 0 Å². The van der Waals surface area contributed by atoms with Crippen LogP contribution in [0.2, 0.25) is 0 Å². The number of halogens is 24. The van der Waals surface area contributed by atoms with E-state index in [2.05, 4.69) is 107 Å². The second kappa shape index (κ2) is 22.8. The molecule has 0 spiro atoms. The van der Waals surface area contributed by atoms with Crippen molar-refractivity contribution in [2.75, 3.05) is 5.32 Å². The van der Waals surface area contributed by atoms with Gasteiger partial charge in [-0.1, -0.05) is 133 Å². The molecule has 1 aromatic heterocycles. The lowest BCUT2D eigenvalue weighted by Gasteiger charge is -2.54. The largest absolute Gasteiger partial charge is 0.416 e. The molecule has 510 valence electrons. The summed E-state index contributed by atoms with van der Waals surface area (Å²) < 4.78 is 341. The van der Waals surface area contributed by atoms with Gasteiger partial charge in [0.15, 0.2) is 0 Å². The van der Waals surface area contributed by atoms with Crippen molar-refractivity contribution >= 4 is 98.6 Å². The lowest BCUT2D eigenvalue weighted by Crippen LogP contribution is -2.75. The fraction of sp³-hybridized carbons (Fsp3) is 0.254. The summed E-state index contributed by atoms with van der Waals surface area (Å²) >= 11 is 0. The number of rotatable bonds is 6. The quantitative estimate of drug-likeness (QED) is 0.100. The molecule has 98 heavy (non-hydrogen) atoms. The highest BCUT2D eigenvalue weighted by atomic mass is 19.4. The fourth-order valence-electron chi connectivity index (χ4n) is 16.0. The number of hydrogen-bond acceptors (Lipinski definition) is 1. The molecule has 0 amide bonds. The minimum atomic E-state index is -6.13. The lowest BCUT2D eigenvalue weighted by atomic mass is 9.12. The van der Waals surface area contributed by atoms with Gasteiger partial charge in [-0.25, -0.2) is 4.98 Å². The predicted molar refractivity (Wildman–Crippen MR) is 323 cm³/mol. The molecule has 15 rings (SSSR count). The van der Waals surface area contributed by atoms with E-state index in [1.807, 2.05) is 0 Å². The average molecular weight is 1390 g/mol. The molecule has 11 aromatic rings. The van der Waals surface area contributed by atoms with Crippen LogP contribution in [0.15, 0.2) is 170 Å². The van der Waals surface area contributed by atoms with Crippen molar-refractivity contribution in [1.82, 2.24) is 0 Å². The van der Waals surface area contributed by atoms with E-state index in [-0.39, 0.29) is 5.54 Å². The van der Waals surface area contributed by atoms with Gasteiger partial charge in [0.05, 0.1) is 44.5 Å². The second-order valence-corrected chi connectivity index (χ2v) is 25.8. The molecule has 1 heterocycles. The highest BCUT2D eigenvalue weighted by molar-refractivity contribution is 7.20. The van der Waals surface area contributed by atoms with Gasteiger partial charge in [-0.2, -0.15) is 127 Å². The van der Waals surface area contributed by atoms with Crippen LogP contribution in [-0.2, 0) is 49.4 Å². The van der Waals surface area contributed by atoms with Gasteiger partial charge in [0.25, 0.3) is 5.82 Å². The van der Waals surface area contributed by atoms with E-state index in [1.165, 1.54) is 109 Å². The van der Waals surface area contributed by atoms with Crippen molar-refractivity contribution in [1.29, 1.82) is 0 Å². The first-order chi connectivity index (χ1) is 45.5. The molecule has 2 N–H and O–H groups in total. The van der Waals surface area contributed by atoms with Gasteiger partial charge in [-0.15, -0.1) is 0 Å². The molecule has 0 aliphatic heterocycles. The normalized spacial score (nSPS) is 18.9. The Morgan fingerprint density at radius 1 is 0.296 bits per heavy atom. The van der Waals surface area contributed by atoms with Crippen molar-refractivity contribution in [3.63, 3.8) is 0 Å². The lowest BCUT2D eigenvalue weighted by molar-refractivity contribution is -0.327. The predicted octanol–water partition coefficient (Wildman–Crippen LogP) is 21.0. The number of anilines is 1. The Labute approximate surface area is 538 Å². The summed E-state index contributed by atoms with van der Waals surface area (Å²) in [5.74, 6) is 3.95. The standard InChI is InChI=1S/C39H32N2.C32H12BF24/c1-2-7-31-29(5-1)30-6-3-4-8-32(30)37-33(31)15-13-26-9-10-27-11-12-28-14-16-34(40-38(28)36(27)35(26)37)41-39-20-23-17-24(21-39)19-25(18-23)22-39;34-25(35,36)13-1-14(26(37,38)39)6-21(5-13)33(22-7-15(27(40,41)42)2-16(8-22)28(43,44)45,23-9-17(29(46,47)48)3-18(10-23)30(49,50)51)24-11-19(31(52,53)54)4-20(12-24)32(55,56)57/h1-16,23-25H,17-22H2,(H,40,41);1-12H/q;-1/p+1. The van der Waals surface area contributed by atoms with Crippen molar-refractivity contribution in [3.05, 3.63) is 214 Å². The Bertz CT molecular complexity index is 4500. The molecular formula is C71H45BF24N2. The van der Waals surface area contributed by atoms with Crippen LogP contribution in [-0.4, -0.2) is 11.7 Å². The van der Waals surface area contributed by atoms with Crippen molar-refractivity contribution < 1.29 is 110 Å². The molecule has 4 aliphatic carbocycles. The minimum Gasteiger partial charge on any atom is -0.269 e. The van der Waals surface area contributed by atoms with Gasteiger partial charge in [-0.3, -0.25) is 5.32 Å². The number of hydrogen-bond donors (Lipinski definition) is 1. The average Bonchev–Trinajstić information content (AvgIpc) is 0.720. The molecule has 0 radical (unpaired) electrons. The van der Waals surface area contributed by atoms with Crippen molar-refractivity contribution in [2.24, 2.45) is 17.8 Å². The first-order valence-corrected chi connectivity index (χ1v) is 30.2. The summed E-state index contributed by atoms with van der Waals surface area (Å²) in [6.45, 7) is 0. The number of benzene rings is 10. The van der Waals surface area contributed by atoms with Crippen LogP contribution < -0.4 is 32.2 Å². The van der Waals surface area contributed by atoms with E-state index >= 15 is 0 Å². The Kier molecular flexibility index (Phi) is 15.8. The summed E-state index contributed by atoms with van der Waals surface area (Å²) in [4.78, 5) is 3.98. The third-order valence-electron chi connectivity index (χ3n) is 19.5. The van der Waals surface area contributed by atoms with Crippen LogP contribution in [0, 0.1) is 17.8 Å². The number of H-pyrrole nitrogens is 1. The molecule has 0 atom stereocenters. The Morgan fingerprint density at radius 2 is 0.561 bits per heavy atom. The zero-order valence-corrected chi connectivity index (χ0v) is 49.8. The molecule has 4 aliphatic rings. The fourth-order valence-corrected chi connectivity index (χ4v) is 16.0. The highest BCUT2D eigenvalue weighted by Crippen LogP contribution is 2.57. The van der Waals surface area contributed by atoms with Crippen LogP contribution in [0.1, 0.15) is 83.0 Å². The van der Waals surface area contributed by atoms with E-state index in [0.29, 0.717) is 0 Å². The minimum absolute atomic E-state index is 0.271. The number of pyridine rings is 1. The maximum absolute atomic E-state index is 14.2. The number of nitrogens with one attached hydrogen (secondary N) is 2. The van der Waals surface area contributed by atoms with E-state index in [4.69, 9.17) is 0 Å². The number of aromatic amines is 1. The monoisotopic (exact) mass is 1390 g/mol. The molecule has 4 saturated carbocycles. The van der Waals surface area contributed by atoms with Gasteiger partial charge in [0.2, 0.25) is 0 Å². The van der Waals surface area contributed by atoms with Crippen LogP contribution in [0.5, 0.6) is 0 Å². The Hall–Kier alpha value is -8.91. The zero-order chi connectivity index (χ0) is 70.6. The maximum atomic E-state index is 14.2. The smallest absolute Gasteiger partial charge is 0.269 e. The number of aromatic nitrogens is 1. The second-order valence-electron chi connectivity index (χ2n) is 25.8. The topological polar surface area (TPSA) is 26.2 Å². The van der Waals surface area contributed by atoms with Gasteiger partial charge >= 0.3 is 49.4 Å². The SMILES string of the molecule is FC(F)(F)c1cc([B-](c2cc(C(F)(F)F)cc(C(F)(F)F)c2)(c2cc(C(F)(F)F)cc(C(F)(F)F)c2)c2cc(C(F)(F)F)cc(C(F)(F)F)c2)cc(C(F)(F)F)c1.c1ccc2c(c1)c1ccccc1c1c2ccc2ccc3ccc4ccc(NC56CC7CC(CC(C7)C5)C6)[nH+]c4c3c21. The molecular weight excluding hydrogens is 1350 g/mol. The summed E-state index contributed by atoms with van der Waals surface area (Å²) in [5, 5.41) is 18.7. The molecule has 4 fully saturated rings. The van der Waals surface area contributed by atoms with E-state index in [0.717, 1.165) is 17.8 Å². The maximum Gasteiger partial charge on any atom is 0.416 e. The van der Waals surface area contributed by atoms with E-state index in [1.54, 1.807) is 0 Å². The summed E-state index contributed by atoms with van der Waals surface area (Å²) in [6, 6.07) is 27.6. The van der Waals surface area contributed by atoms with Crippen molar-refractivity contribution in [3.8, 4) is 0 Å². The molecule has 10 aromatic carbocycles. The van der Waals surface area contributed by atoms with E-state index in [9.17, 15) is 105 Å². The highest BCUT2D eigenvalue weighted by Gasteiger charge is 2.54. The first-order valence-electron chi connectivity index (χ1n) is 30.2. The Balaban J connectivity index is 0.000000184. The van der Waals surface area contributed by atoms with Crippen LogP contribution in [0.3, 0.4) is 0 Å². The number of fused-ring (bicyclic) bond motifs is 12. The third kappa shape index (κ3) is 12.3. The molecule has 4 bridgehead atoms. The van der Waals surface area contributed by atoms with Crippen LogP contribution in [0.25, 0.3) is 64.8 Å². The van der Waals surface area contributed by atoms with Crippen LogP contribution in [0.4, 0.5) is 111 Å². The first kappa shape index (κ1) is 67.7. The van der Waals surface area contributed by atoms with Gasteiger partial charge in [0, 0.05) is 22.2 Å². The summed E-state index contributed by atoms with van der Waals surface area (Å²) in [7, 11) is 0. The van der Waals surface area contributed by atoms with Crippen LogP contribution >= 0.6 is 0 Å². The van der Waals surface area contributed by atoms with Gasteiger partial charge in [0.1, 0.15) is 17.2 Å². The molecule has 0 unspecified atom stereocenters. The Morgan fingerprint density at radius 3 is 0.888 bits per heavy atom. The van der Waals surface area contributed by atoms with Gasteiger partial charge in [-0.05, 0) is 130 Å². The van der Waals surface area contributed by atoms with Crippen molar-refractivity contribution in [2.45, 2.75) is 93.5 Å². The molecule has 2 nitrogen and oxygen atoms in total. The zero-order valence-electron chi connectivity index (χ0n) is 49.8. The number of alkyl halides is 24. The van der Waals surface area contributed by atoms with E-state index < -0.39 is 195 Å².